The summed E-state index contributed by atoms with van der Waals surface area (Å²) in [6.07, 6.45) is 5.43. The first kappa shape index (κ1) is 13.1. The van der Waals surface area contributed by atoms with Gasteiger partial charge in [-0.3, -0.25) is 0 Å². The highest BCUT2D eigenvalue weighted by Crippen LogP contribution is 2.25. The van der Waals surface area contributed by atoms with E-state index < -0.39 is 0 Å². The average molecular weight is 251 g/mol. The maximum absolute atomic E-state index is 5.90. The first-order valence-electron chi connectivity index (χ1n) is 6.54. The van der Waals surface area contributed by atoms with Gasteiger partial charge in [-0.25, -0.2) is 4.98 Å². The third-order valence-corrected chi connectivity index (χ3v) is 3.28. The molecule has 1 saturated carbocycles. The number of methoxy groups -OCH3 is 1. The Morgan fingerprint density at radius 3 is 2.83 bits per heavy atom. The first-order valence-corrected chi connectivity index (χ1v) is 6.54. The molecule has 1 aliphatic carbocycles. The van der Waals surface area contributed by atoms with Gasteiger partial charge in [0.15, 0.2) is 0 Å². The Balaban J connectivity index is 2.02. The van der Waals surface area contributed by atoms with Crippen molar-refractivity contribution in [2.45, 2.75) is 51.2 Å². The van der Waals surface area contributed by atoms with E-state index in [2.05, 4.69) is 9.97 Å². The number of nitrogens with two attached hydrogens (primary N) is 1. The van der Waals surface area contributed by atoms with Crippen molar-refractivity contribution in [1.29, 1.82) is 0 Å². The summed E-state index contributed by atoms with van der Waals surface area (Å²) >= 11 is 0. The average Bonchev–Trinajstić information content (AvgIpc) is 2.38. The van der Waals surface area contributed by atoms with Gasteiger partial charge in [0.25, 0.3) is 0 Å². The van der Waals surface area contributed by atoms with Crippen molar-refractivity contribution >= 4 is 5.82 Å². The molecule has 0 aromatic carbocycles. The molecule has 2 rings (SSSR count). The molecule has 0 aliphatic heterocycles. The summed E-state index contributed by atoms with van der Waals surface area (Å²) in [5.41, 5.74) is 5.74. The molecule has 18 heavy (non-hydrogen) atoms. The lowest BCUT2D eigenvalue weighted by Gasteiger charge is -2.28. The quantitative estimate of drug-likeness (QED) is 0.885. The molecule has 0 spiro atoms. The van der Waals surface area contributed by atoms with Crippen LogP contribution in [0.3, 0.4) is 0 Å². The molecular formula is C13H21N3O2. The van der Waals surface area contributed by atoms with Gasteiger partial charge in [-0.15, -0.1) is 0 Å². The standard InChI is InChI=1S/C13H21N3O2/c1-3-12-15-11(14)8-13(16-12)18-10-6-4-5-9(7-10)17-2/h8-10H,3-7H2,1-2H3,(H2,14,15,16). The van der Waals surface area contributed by atoms with Gasteiger partial charge in [0.1, 0.15) is 17.7 Å². The van der Waals surface area contributed by atoms with Gasteiger partial charge in [-0.05, 0) is 19.3 Å². The highest BCUT2D eigenvalue weighted by atomic mass is 16.5. The van der Waals surface area contributed by atoms with Crippen LogP contribution in [0.1, 0.15) is 38.4 Å². The monoisotopic (exact) mass is 251 g/mol. The Hall–Kier alpha value is -1.36. The van der Waals surface area contributed by atoms with Gasteiger partial charge in [-0.1, -0.05) is 6.92 Å². The number of aryl methyl sites for hydroxylation is 1. The van der Waals surface area contributed by atoms with Crippen molar-refractivity contribution in [2.24, 2.45) is 0 Å². The molecule has 2 N–H and O–H groups in total. The molecule has 0 bridgehead atoms. The van der Waals surface area contributed by atoms with Crippen molar-refractivity contribution < 1.29 is 9.47 Å². The van der Waals surface area contributed by atoms with Crippen LogP contribution in [0, 0.1) is 0 Å². The van der Waals surface area contributed by atoms with Crippen LogP contribution in [0.5, 0.6) is 5.88 Å². The molecule has 1 aromatic rings. The van der Waals surface area contributed by atoms with Crippen LogP contribution in [0.4, 0.5) is 5.82 Å². The zero-order valence-corrected chi connectivity index (χ0v) is 11.1. The molecule has 1 fully saturated rings. The minimum atomic E-state index is 0.169. The van der Waals surface area contributed by atoms with Gasteiger partial charge in [0, 0.05) is 26.0 Å². The molecule has 1 aromatic heterocycles. The summed E-state index contributed by atoms with van der Waals surface area (Å²) in [4.78, 5) is 8.48. The summed E-state index contributed by atoms with van der Waals surface area (Å²) < 4.78 is 11.3. The van der Waals surface area contributed by atoms with Crippen molar-refractivity contribution in [3.05, 3.63) is 11.9 Å². The second kappa shape index (κ2) is 6.00. The van der Waals surface area contributed by atoms with E-state index in [0.717, 1.165) is 37.9 Å². The molecule has 1 heterocycles. The van der Waals surface area contributed by atoms with Crippen LogP contribution in [0.15, 0.2) is 6.07 Å². The molecule has 2 unspecified atom stereocenters. The summed E-state index contributed by atoms with van der Waals surface area (Å²) in [7, 11) is 1.75. The van der Waals surface area contributed by atoms with Crippen LogP contribution in [0.25, 0.3) is 0 Å². The van der Waals surface area contributed by atoms with Crippen molar-refractivity contribution in [3.63, 3.8) is 0 Å². The highest BCUT2D eigenvalue weighted by molar-refractivity contribution is 5.32. The smallest absolute Gasteiger partial charge is 0.218 e. The van der Waals surface area contributed by atoms with Crippen molar-refractivity contribution in [2.75, 3.05) is 12.8 Å². The lowest BCUT2D eigenvalue weighted by molar-refractivity contribution is 0.0194. The summed E-state index contributed by atoms with van der Waals surface area (Å²) in [6.45, 7) is 2.00. The predicted molar refractivity (Wildman–Crippen MR) is 69.5 cm³/mol. The minimum absolute atomic E-state index is 0.169. The second-order valence-electron chi connectivity index (χ2n) is 4.67. The summed E-state index contributed by atoms with van der Waals surface area (Å²) in [6, 6.07) is 1.69. The second-order valence-corrected chi connectivity index (χ2v) is 4.67. The Bertz CT molecular complexity index is 398. The van der Waals surface area contributed by atoms with Crippen LogP contribution in [-0.2, 0) is 11.2 Å². The lowest BCUT2D eigenvalue weighted by Crippen LogP contribution is -2.29. The molecule has 0 saturated heterocycles. The normalized spacial score (nSPS) is 23.9. The fourth-order valence-corrected chi connectivity index (χ4v) is 2.30. The van der Waals surface area contributed by atoms with Crippen LogP contribution >= 0.6 is 0 Å². The highest BCUT2D eigenvalue weighted by Gasteiger charge is 2.23. The minimum Gasteiger partial charge on any atom is -0.474 e. The van der Waals surface area contributed by atoms with Crippen LogP contribution in [-0.4, -0.2) is 29.3 Å². The van der Waals surface area contributed by atoms with Gasteiger partial charge < -0.3 is 15.2 Å². The molecule has 0 amide bonds. The maximum atomic E-state index is 5.90. The number of nitrogen functional groups attached to an aromatic ring is 1. The summed E-state index contributed by atoms with van der Waals surface area (Å²) in [5.74, 6) is 1.78. The molecule has 2 atom stereocenters. The fourth-order valence-electron chi connectivity index (χ4n) is 2.30. The Morgan fingerprint density at radius 1 is 1.33 bits per heavy atom. The lowest BCUT2D eigenvalue weighted by atomic mass is 9.95. The van der Waals surface area contributed by atoms with E-state index in [-0.39, 0.29) is 6.10 Å². The number of rotatable bonds is 4. The van der Waals surface area contributed by atoms with E-state index in [1.165, 1.54) is 0 Å². The zero-order valence-electron chi connectivity index (χ0n) is 11.1. The number of anilines is 1. The Kier molecular flexibility index (Phi) is 4.36. The SMILES string of the molecule is CCc1nc(N)cc(OC2CCCC(OC)C2)n1. The first-order chi connectivity index (χ1) is 8.71. The fraction of sp³-hybridized carbons (Fsp3) is 0.692. The van der Waals surface area contributed by atoms with Crippen molar-refractivity contribution in [1.82, 2.24) is 9.97 Å². The maximum Gasteiger partial charge on any atom is 0.218 e. The molecule has 0 radical (unpaired) electrons. The van der Waals surface area contributed by atoms with Crippen LogP contribution in [0.2, 0.25) is 0 Å². The van der Waals surface area contributed by atoms with E-state index in [1.807, 2.05) is 6.92 Å². The van der Waals surface area contributed by atoms with Gasteiger partial charge in [-0.2, -0.15) is 4.98 Å². The topological polar surface area (TPSA) is 70.3 Å². The number of ether oxygens (including phenoxy) is 2. The zero-order chi connectivity index (χ0) is 13.0. The van der Waals surface area contributed by atoms with Gasteiger partial charge in [0.05, 0.1) is 6.10 Å². The third kappa shape index (κ3) is 3.32. The third-order valence-electron chi connectivity index (χ3n) is 3.28. The van der Waals surface area contributed by atoms with Gasteiger partial charge in [0.2, 0.25) is 5.88 Å². The summed E-state index contributed by atoms with van der Waals surface area (Å²) in [5, 5.41) is 0. The number of aromatic nitrogens is 2. The number of nitrogens with zero attached hydrogens (tertiary/aromatic N) is 2. The largest absolute Gasteiger partial charge is 0.474 e. The van der Waals surface area contributed by atoms with E-state index in [9.17, 15) is 0 Å². The van der Waals surface area contributed by atoms with Crippen molar-refractivity contribution in [3.8, 4) is 5.88 Å². The molecule has 1 aliphatic rings. The molecule has 100 valence electrons. The van der Waals surface area contributed by atoms with E-state index in [0.29, 0.717) is 17.8 Å². The number of hydrogen-bond acceptors (Lipinski definition) is 5. The molecule has 5 nitrogen and oxygen atoms in total. The van der Waals surface area contributed by atoms with E-state index in [4.69, 9.17) is 15.2 Å². The number of hydrogen-bond donors (Lipinski definition) is 1. The van der Waals surface area contributed by atoms with Crippen LogP contribution < -0.4 is 10.5 Å². The van der Waals surface area contributed by atoms with E-state index >= 15 is 0 Å². The Labute approximate surface area is 108 Å². The molecule has 5 heteroatoms. The predicted octanol–water partition coefficient (Wildman–Crippen LogP) is 1.96. The van der Waals surface area contributed by atoms with Gasteiger partial charge >= 0.3 is 0 Å². The Morgan fingerprint density at radius 2 is 2.11 bits per heavy atom. The molecular weight excluding hydrogens is 230 g/mol. The van der Waals surface area contributed by atoms with E-state index in [1.54, 1.807) is 13.2 Å².